The van der Waals surface area contributed by atoms with Gasteiger partial charge in [0, 0.05) is 57.8 Å². The van der Waals surface area contributed by atoms with Gasteiger partial charge in [0.05, 0.1) is 11.3 Å². The molecule has 1 aromatic heterocycles. The number of nitrogens with zero attached hydrogens (tertiary/aromatic N) is 5. The normalized spacial score (nSPS) is 26.2. The Hall–Kier alpha value is -2.18. The monoisotopic (exact) mass is 357 g/mol. The molecule has 0 spiro atoms. The summed E-state index contributed by atoms with van der Waals surface area (Å²) in [6, 6.07) is 0.283. The predicted octanol–water partition coefficient (Wildman–Crippen LogP) is 1.47. The van der Waals surface area contributed by atoms with E-state index in [1.165, 1.54) is 19.3 Å². The first-order chi connectivity index (χ1) is 12.5. The van der Waals surface area contributed by atoms with Crippen LogP contribution in [0.5, 0.6) is 0 Å². The van der Waals surface area contributed by atoms with Gasteiger partial charge < -0.3 is 14.7 Å². The smallest absolute Gasteiger partial charge is 0.257 e. The summed E-state index contributed by atoms with van der Waals surface area (Å²) in [5.41, 5.74) is 1.33. The highest BCUT2D eigenvalue weighted by Gasteiger charge is 2.42. The number of amides is 2. The second kappa shape index (κ2) is 6.85. The molecule has 4 heterocycles. The molecule has 7 nitrogen and oxygen atoms in total. The number of hydrogen-bond acceptors (Lipinski definition) is 5. The number of piperidine rings is 2. The number of carbonyl (C=O) groups excluding carboxylic acids is 2. The van der Waals surface area contributed by atoms with Gasteiger partial charge in [-0.05, 0) is 32.6 Å². The Kier molecular flexibility index (Phi) is 4.54. The van der Waals surface area contributed by atoms with Crippen molar-refractivity contribution in [3.05, 3.63) is 17.5 Å². The molecule has 3 saturated heterocycles. The van der Waals surface area contributed by atoms with Crippen LogP contribution in [0, 0.1) is 12.8 Å². The van der Waals surface area contributed by atoms with Gasteiger partial charge in [-0.25, -0.2) is 9.97 Å². The van der Waals surface area contributed by atoms with E-state index < -0.39 is 0 Å². The first-order valence-electron chi connectivity index (χ1n) is 9.68. The minimum Gasteiger partial charge on any atom is -0.342 e. The zero-order valence-electron chi connectivity index (χ0n) is 15.6. The van der Waals surface area contributed by atoms with Crippen LogP contribution in [0.2, 0.25) is 0 Å². The first-order valence-corrected chi connectivity index (χ1v) is 9.68. The Balaban J connectivity index is 1.47. The van der Waals surface area contributed by atoms with Crippen molar-refractivity contribution in [3.63, 3.8) is 0 Å². The molecule has 0 unspecified atom stereocenters. The van der Waals surface area contributed by atoms with Gasteiger partial charge in [-0.3, -0.25) is 9.59 Å². The topological polar surface area (TPSA) is 69.6 Å². The van der Waals surface area contributed by atoms with Crippen molar-refractivity contribution in [2.24, 2.45) is 5.92 Å². The maximum atomic E-state index is 13.0. The Bertz CT molecular complexity index is 716. The number of hydrogen-bond donors (Lipinski definition) is 0. The van der Waals surface area contributed by atoms with Crippen molar-refractivity contribution in [2.45, 2.75) is 45.1 Å². The Morgan fingerprint density at radius 3 is 2.69 bits per heavy atom. The Labute approximate surface area is 154 Å². The quantitative estimate of drug-likeness (QED) is 0.802. The average molecular weight is 357 g/mol. The highest BCUT2D eigenvalue weighted by molar-refractivity contribution is 5.95. The number of rotatable bonds is 2. The summed E-state index contributed by atoms with van der Waals surface area (Å²) in [4.78, 5) is 39.9. The molecule has 4 rings (SSSR count). The van der Waals surface area contributed by atoms with Crippen molar-refractivity contribution in [2.75, 3.05) is 38.1 Å². The molecule has 3 fully saturated rings. The van der Waals surface area contributed by atoms with Crippen LogP contribution < -0.4 is 4.90 Å². The summed E-state index contributed by atoms with van der Waals surface area (Å²) in [7, 11) is 1.88. The van der Waals surface area contributed by atoms with E-state index in [9.17, 15) is 9.59 Å². The van der Waals surface area contributed by atoms with Crippen LogP contribution in [0.3, 0.4) is 0 Å². The molecule has 3 aliphatic heterocycles. The third kappa shape index (κ3) is 3.04. The highest BCUT2D eigenvalue weighted by Crippen LogP contribution is 2.31. The third-order valence-electron chi connectivity index (χ3n) is 6.14. The van der Waals surface area contributed by atoms with Crippen LogP contribution in [0.1, 0.15) is 48.2 Å². The van der Waals surface area contributed by atoms with E-state index in [4.69, 9.17) is 0 Å². The molecule has 0 aromatic carbocycles. The van der Waals surface area contributed by atoms with Crippen LogP contribution in [-0.2, 0) is 4.79 Å². The van der Waals surface area contributed by atoms with Crippen molar-refractivity contribution >= 4 is 17.8 Å². The number of aromatic nitrogens is 2. The number of anilines is 1. The molecule has 1 aromatic rings. The molecule has 26 heavy (non-hydrogen) atoms. The van der Waals surface area contributed by atoms with E-state index in [2.05, 4.69) is 14.9 Å². The maximum absolute atomic E-state index is 13.0. The van der Waals surface area contributed by atoms with Gasteiger partial charge >= 0.3 is 0 Å². The van der Waals surface area contributed by atoms with Crippen LogP contribution in [-0.4, -0.2) is 70.9 Å². The van der Waals surface area contributed by atoms with Gasteiger partial charge in [0.25, 0.3) is 5.91 Å². The molecule has 0 N–H and O–H groups in total. The molecular formula is C19H27N5O2. The van der Waals surface area contributed by atoms with Gasteiger partial charge in [0.2, 0.25) is 11.9 Å². The second-order valence-corrected chi connectivity index (χ2v) is 7.79. The van der Waals surface area contributed by atoms with Gasteiger partial charge in [0.15, 0.2) is 0 Å². The van der Waals surface area contributed by atoms with Crippen molar-refractivity contribution < 1.29 is 9.59 Å². The molecule has 0 aliphatic carbocycles. The zero-order chi connectivity index (χ0) is 18.3. The van der Waals surface area contributed by atoms with E-state index in [0.717, 1.165) is 31.2 Å². The summed E-state index contributed by atoms with van der Waals surface area (Å²) < 4.78 is 0. The van der Waals surface area contributed by atoms with E-state index in [-0.39, 0.29) is 23.8 Å². The highest BCUT2D eigenvalue weighted by atomic mass is 16.2. The Morgan fingerprint density at radius 2 is 1.96 bits per heavy atom. The lowest BCUT2D eigenvalue weighted by Crippen LogP contribution is -2.47. The minimum absolute atomic E-state index is 0.00635. The van der Waals surface area contributed by atoms with E-state index in [0.29, 0.717) is 25.1 Å². The van der Waals surface area contributed by atoms with Gasteiger partial charge in [-0.15, -0.1) is 0 Å². The molecule has 2 atom stereocenters. The van der Waals surface area contributed by atoms with Crippen molar-refractivity contribution in [1.82, 2.24) is 19.8 Å². The van der Waals surface area contributed by atoms with E-state index in [1.54, 1.807) is 6.20 Å². The van der Waals surface area contributed by atoms with Crippen LogP contribution >= 0.6 is 0 Å². The number of fused-ring (bicyclic) bond motifs is 1. The molecule has 0 saturated carbocycles. The molecule has 2 amide bonds. The van der Waals surface area contributed by atoms with Gasteiger partial charge in [-0.1, -0.05) is 0 Å². The Morgan fingerprint density at radius 1 is 1.19 bits per heavy atom. The van der Waals surface area contributed by atoms with Crippen LogP contribution in [0.25, 0.3) is 0 Å². The zero-order valence-corrected chi connectivity index (χ0v) is 15.6. The number of likely N-dealkylation sites (tertiary alicyclic amines) is 2. The fourth-order valence-corrected chi connectivity index (χ4v) is 4.55. The fraction of sp³-hybridized carbons (Fsp3) is 0.684. The summed E-state index contributed by atoms with van der Waals surface area (Å²) in [6.45, 7) is 5.20. The summed E-state index contributed by atoms with van der Waals surface area (Å²) in [5, 5.41) is 0. The second-order valence-electron chi connectivity index (χ2n) is 7.79. The molecular weight excluding hydrogens is 330 g/mol. The fourth-order valence-electron chi connectivity index (χ4n) is 4.55. The molecule has 0 radical (unpaired) electrons. The molecule has 140 valence electrons. The first kappa shape index (κ1) is 17.2. The molecule has 7 heteroatoms. The maximum Gasteiger partial charge on any atom is 0.257 e. The van der Waals surface area contributed by atoms with Gasteiger partial charge in [0.1, 0.15) is 0 Å². The van der Waals surface area contributed by atoms with E-state index in [1.807, 2.05) is 23.8 Å². The predicted molar refractivity (Wildman–Crippen MR) is 98.0 cm³/mol. The average Bonchev–Trinajstić information content (AvgIpc) is 2.95. The largest absolute Gasteiger partial charge is 0.342 e. The molecule has 0 bridgehead atoms. The lowest BCUT2D eigenvalue weighted by Gasteiger charge is -2.36. The van der Waals surface area contributed by atoms with Crippen LogP contribution in [0.4, 0.5) is 5.95 Å². The number of aryl methyl sites for hydroxylation is 1. The number of carbonyl (C=O) groups is 2. The summed E-state index contributed by atoms with van der Waals surface area (Å²) in [6.07, 6.45) is 6.70. The molecule has 3 aliphatic rings. The lowest BCUT2D eigenvalue weighted by atomic mass is 9.92. The SMILES string of the molecule is Cc1nc(N2CCCCC2)ncc1C(=O)N1CC[C@H]2[C@H](CC(=O)N2C)C1. The van der Waals surface area contributed by atoms with E-state index >= 15 is 0 Å². The summed E-state index contributed by atoms with van der Waals surface area (Å²) >= 11 is 0. The third-order valence-corrected chi connectivity index (χ3v) is 6.14. The van der Waals surface area contributed by atoms with Crippen molar-refractivity contribution in [3.8, 4) is 0 Å². The summed E-state index contributed by atoms with van der Waals surface area (Å²) in [5.74, 6) is 1.17. The van der Waals surface area contributed by atoms with Gasteiger partial charge in [-0.2, -0.15) is 0 Å². The van der Waals surface area contributed by atoms with Crippen molar-refractivity contribution in [1.29, 1.82) is 0 Å². The van der Waals surface area contributed by atoms with Crippen LogP contribution in [0.15, 0.2) is 6.20 Å². The minimum atomic E-state index is -0.00635. The standard InChI is InChI=1S/C19H27N5O2/c1-13-15(11-20-19(21-13)23-7-4-3-5-8-23)18(26)24-9-6-16-14(12-24)10-17(25)22(16)2/h11,14,16H,3-10,12H2,1-2H3/t14-,16+/m1/s1. The lowest BCUT2D eigenvalue weighted by molar-refractivity contribution is -0.127.